The van der Waals surface area contributed by atoms with Gasteiger partial charge in [-0.1, -0.05) is 25.5 Å². The van der Waals surface area contributed by atoms with Gasteiger partial charge < -0.3 is 15.2 Å². The van der Waals surface area contributed by atoms with Crippen molar-refractivity contribution in [2.75, 3.05) is 12.8 Å². The van der Waals surface area contributed by atoms with Crippen LogP contribution in [0.25, 0.3) is 0 Å². The summed E-state index contributed by atoms with van der Waals surface area (Å²) < 4.78 is 11.1. The predicted molar refractivity (Wildman–Crippen MR) is 82.2 cm³/mol. The Morgan fingerprint density at radius 3 is 2.45 bits per heavy atom. The first kappa shape index (κ1) is 14.3. The molecule has 0 amide bonds. The largest absolute Gasteiger partial charge is 0.496 e. The van der Waals surface area contributed by atoms with Gasteiger partial charge in [-0.15, -0.1) is 0 Å². The molecule has 0 radical (unpaired) electrons. The van der Waals surface area contributed by atoms with Crippen LogP contribution in [0.3, 0.4) is 0 Å². The fraction of sp³-hybridized carbons (Fsp3) is 0.294. The molecule has 0 heterocycles. The van der Waals surface area contributed by atoms with E-state index >= 15 is 0 Å². The number of methoxy groups -OCH3 is 1. The minimum absolute atomic E-state index is 0.446. The fourth-order valence-electron chi connectivity index (χ4n) is 2.11. The summed E-state index contributed by atoms with van der Waals surface area (Å²) in [6.45, 7) is 2.62. The van der Waals surface area contributed by atoms with Crippen LogP contribution < -0.4 is 15.2 Å². The fourth-order valence-corrected chi connectivity index (χ4v) is 2.11. The van der Waals surface area contributed by atoms with Gasteiger partial charge in [0.25, 0.3) is 0 Å². The molecule has 0 atom stereocenters. The number of nitrogens with two attached hydrogens (primary N) is 1. The van der Waals surface area contributed by atoms with Gasteiger partial charge >= 0.3 is 0 Å². The summed E-state index contributed by atoms with van der Waals surface area (Å²) in [5.41, 5.74) is 8.79. The molecule has 0 aromatic heterocycles. The van der Waals surface area contributed by atoms with Crippen molar-refractivity contribution in [3.05, 3.63) is 53.6 Å². The average Bonchev–Trinajstić information content (AvgIpc) is 2.47. The van der Waals surface area contributed by atoms with E-state index in [2.05, 4.69) is 19.1 Å². The van der Waals surface area contributed by atoms with Gasteiger partial charge in [0, 0.05) is 11.3 Å². The first-order chi connectivity index (χ1) is 9.72. The Morgan fingerprint density at radius 2 is 1.80 bits per heavy atom. The van der Waals surface area contributed by atoms with Gasteiger partial charge in [-0.2, -0.15) is 0 Å². The van der Waals surface area contributed by atoms with Gasteiger partial charge in [0.2, 0.25) is 0 Å². The minimum atomic E-state index is 0.446. The molecule has 0 saturated carbocycles. The van der Waals surface area contributed by atoms with Crippen molar-refractivity contribution in [3.63, 3.8) is 0 Å². The quantitative estimate of drug-likeness (QED) is 0.812. The summed E-state index contributed by atoms with van der Waals surface area (Å²) in [6, 6.07) is 13.8. The molecule has 0 fully saturated rings. The zero-order valence-corrected chi connectivity index (χ0v) is 12.1. The van der Waals surface area contributed by atoms with Crippen LogP contribution in [0.1, 0.15) is 24.5 Å². The molecule has 0 aliphatic carbocycles. The molecule has 3 heteroatoms. The highest BCUT2D eigenvalue weighted by Crippen LogP contribution is 2.23. The second kappa shape index (κ2) is 6.85. The van der Waals surface area contributed by atoms with E-state index in [9.17, 15) is 0 Å². The van der Waals surface area contributed by atoms with Crippen molar-refractivity contribution in [2.45, 2.75) is 26.4 Å². The van der Waals surface area contributed by atoms with E-state index in [4.69, 9.17) is 15.2 Å². The lowest BCUT2D eigenvalue weighted by molar-refractivity contribution is 0.296. The molecule has 0 aliphatic rings. The second-order valence-electron chi connectivity index (χ2n) is 4.75. The highest BCUT2D eigenvalue weighted by atomic mass is 16.5. The van der Waals surface area contributed by atoms with Crippen molar-refractivity contribution < 1.29 is 9.47 Å². The highest BCUT2D eigenvalue weighted by Gasteiger charge is 2.04. The van der Waals surface area contributed by atoms with Crippen LogP contribution >= 0.6 is 0 Å². The Kier molecular flexibility index (Phi) is 4.88. The molecule has 2 N–H and O–H groups in total. The van der Waals surface area contributed by atoms with E-state index in [-0.39, 0.29) is 0 Å². The number of anilines is 1. The summed E-state index contributed by atoms with van der Waals surface area (Å²) >= 11 is 0. The van der Waals surface area contributed by atoms with Crippen molar-refractivity contribution in [2.24, 2.45) is 0 Å². The summed E-state index contributed by atoms with van der Waals surface area (Å²) in [6.07, 6.45) is 2.25. The minimum Gasteiger partial charge on any atom is -0.496 e. The van der Waals surface area contributed by atoms with Gasteiger partial charge in [0.15, 0.2) is 0 Å². The third kappa shape index (κ3) is 3.67. The van der Waals surface area contributed by atoms with Crippen molar-refractivity contribution in [1.29, 1.82) is 0 Å². The van der Waals surface area contributed by atoms with Gasteiger partial charge in [0.05, 0.1) is 7.11 Å². The smallest absolute Gasteiger partial charge is 0.125 e. The maximum atomic E-state index is 5.79. The molecule has 2 aromatic carbocycles. The lowest BCUT2D eigenvalue weighted by Crippen LogP contribution is -2.00. The van der Waals surface area contributed by atoms with Crippen LogP contribution in [-0.2, 0) is 13.0 Å². The molecular formula is C17H21NO2. The van der Waals surface area contributed by atoms with E-state index < -0.39 is 0 Å². The molecule has 0 spiro atoms. The van der Waals surface area contributed by atoms with Gasteiger partial charge in [-0.25, -0.2) is 0 Å². The SMILES string of the molecule is CCCc1ccc(OCc2cc(N)ccc2OC)cc1. The molecule has 0 saturated heterocycles. The molecule has 2 rings (SSSR count). The zero-order chi connectivity index (χ0) is 14.4. The number of ether oxygens (including phenoxy) is 2. The van der Waals surface area contributed by atoms with Crippen LogP contribution in [0, 0.1) is 0 Å². The monoisotopic (exact) mass is 271 g/mol. The van der Waals surface area contributed by atoms with Crippen LogP contribution in [0.15, 0.2) is 42.5 Å². The molecule has 106 valence electrons. The molecule has 0 bridgehead atoms. The number of rotatable bonds is 6. The van der Waals surface area contributed by atoms with Crippen molar-refractivity contribution >= 4 is 5.69 Å². The Morgan fingerprint density at radius 1 is 1.05 bits per heavy atom. The summed E-state index contributed by atoms with van der Waals surface area (Å²) in [5, 5.41) is 0. The first-order valence-corrected chi connectivity index (χ1v) is 6.87. The average molecular weight is 271 g/mol. The van der Waals surface area contributed by atoms with Gasteiger partial charge in [-0.05, 0) is 42.3 Å². The lowest BCUT2D eigenvalue weighted by Gasteiger charge is -2.11. The van der Waals surface area contributed by atoms with Crippen LogP contribution in [0.4, 0.5) is 5.69 Å². The summed E-state index contributed by atoms with van der Waals surface area (Å²) in [7, 11) is 1.65. The number of hydrogen-bond acceptors (Lipinski definition) is 3. The Balaban J connectivity index is 2.02. The van der Waals surface area contributed by atoms with Gasteiger partial charge in [0.1, 0.15) is 18.1 Å². The topological polar surface area (TPSA) is 44.5 Å². The van der Waals surface area contributed by atoms with Crippen LogP contribution in [0.5, 0.6) is 11.5 Å². The van der Waals surface area contributed by atoms with Crippen molar-refractivity contribution in [3.8, 4) is 11.5 Å². The molecule has 20 heavy (non-hydrogen) atoms. The normalized spacial score (nSPS) is 10.3. The molecule has 3 nitrogen and oxygen atoms in total. The van der Waals surface area contributed by atoms with Crippen LogP contribution in [-0.4, -0.2) is 7.11 Å². The summed E-state index contributed by atoms with van der Waals surface area (Å²) in [4.78, 5) is 0. The molecule has 0 unspecified atom stereocenters. The predicted octanol–water partition coefficient (Wildman–Crippen LogP) is 3.81. The second-order valence-corrected chi connectivity index (χ2v) is 4.75. The maximum Gasteiger partial charge on any atom is 0.125 e. The lowest BCUT2D eigenvalue weighted by atomic mass is 10.1. The Labute approximate surface area is 120 Å². The van der Waals surface area contributed by atoms with Crippen molar-refractivity contribution in [1.82, 2.24) is 0 Å². The van der Waals surface area contributed by atoms with Crippen LogP contribution in [0.2, 0.25) is 0 Å². The third-order valence-electron chi connectivity index (χ3n) is 3.16. The number of hydrogen-bond donors (Lipinski definition) is 1. The maximum absolute atomic E-state index is 5.79. The Bertz CT molecular complexity index is 549. The van der Waals surface area contributed by atoms with Gasteiger partial charge in [-0.3, -0.25) is 0 Å². The van der Waals surface area contributed by atoms with E-state index in [1.807, 2.05) is 30.3 Å². The number of benzene rings is 2. The number of aryl methyl sites for hydroxylation is 1. The van der Waals surface area contributed by atoms with E-state index in [1.54, 1.807) is 7.11 Å². The standard InChI is InChI=1S/C17H21NO2/c1-3-4-13-5-8-16(9-6-13)20-12-14-11-15(18)7-10-17(14)19-2/h5-11H,3-4,12,18H2,1-2H3. The highest BCUT2D eigenvalue weighted by molar-refractivity contribution is 5.47. The Hall–Kier alpha value is -2.16. The molecule has 2 aromatic rings. The van der Waals surface area contributed by atoms with E-state index in [1.165, 1.54) is 5.56 Å². The van der Waals surface area contributed by atoms with E-state index in [0.29, 0.717) is 12.3 Å². The third-order valence-corrected chi connectivity index (χ3v) is 3.16. The first-order valence-electron chi connectivity index (χ1n) is 6.87. The van der Waals surface area contributed by atoms with E-state index in [0.717, 1.165) is 29.9 Å². The zero-order valence-electron chi connectivity index (χ0n) is 12.1. The molecule has 0 aliphatic heterocycles. The molecular weight excluding hydrogens is 250 g/mol. The number of nitrogen functional groups attached to an aromatic ring is 1. The summed E-state index contributed by atoms with van der Waals surface area (Å²) in [5.74, 6) is 1.65.